The molecule has 0 fully saturated rings. The first kappa shape index (κ1) is 21.5. The van der Waals surface area contributed by atoms with Crippen molar-refractivity contribution in [2.45, 2.75) is 18.9 Å². The van der Waals surface area contributed by atoms with Gasteiger partial charge in [0.2, 0.25) is 0 Å². The Morgan fingerprint density at radius 2 is 1.87 bits per heavy atom. The standard InChI is InChI=1S/C25H21ClFNO2S/c26-20-9-16(10-21(27)14-20)11-23-13-19-8-4-7-18(24(19)31-23)12-22(15-29)28-25(30)17-5-2-1-3-6-17/h1-10,13-14,22,29H,11-12,15H2,(H,28,30). The van der Waals surface area contributed by atoms with E-state index in [0.717, 1.165) is 26.1 Å². The molecule has 0 spiro atoms. The minimum atomic E-state index is -0.397. The summed E-state index contributed by atoms with van der Waals surface area (Å²) in [7, 11) is 0. The average molecular weight is 454 g/mol. The van der Waals surface area contributed by atoms with E-state index >= 15 is 0 Å². The van der Waals surface area contributed by atoms with Gasteiger partial charge in [-0.05, 0) is 59.3 Å². The van der Waals surface area contributed by atoms with E-state index in [4.69, 9.17) is 11.6 Å². The Hall–Kier alpha value is -2.73. The first-order valence-electron chi connectivity index (χ1n) is 9.94. The Kier molecular flexibility index (Phi) is 6.66. The third-order valence-electron chi connectivity index (χ3n) is 5.04. The summed E-state index contributed by atoms with van der Waals surface area (Å²) in [5, 5.41) is 14.2. The summed E-state index contributed by atoms with van der Waals surface area (Å²) in [6.45, 7) is -0.158. The van der Waals surface area contributed by atoms with Crippen LogP contribution in [-0.2, 0) is 12.8 Å². The van der Waals surface area contributed by atoms with Gasteiger partial charge < -0.3 is 10.4 Å². The molecule has 3 aromatic carbocycles. The van der Waals surface area contributed by atoms with Gasteiger partial charge >= 0.3 is 0 Å². The molecule has 6 heteroatoms. The first-order valence-corrected chi connectivity index (χ1v) is 11.1. The summed E-state index contributed by atoms with van der Waals surface area (Å²) < 4.78 is 14.8. The number of rotatable bonds is 7. The highest BCUT2D eigenvalue weighted by atomic mass is 35.5. The Bertz CT molecular complexity index is 1190. The predicted octanol–water partition coefficient (Wildman–Crippen LogP) is 5.62. The molecular weight excluding hydrogens is 433 g/mol. The molecule has 0 radical (unpaired) electrons. The Morgan fingerprint density at radius 3 is 2.61 bits per heavy atom. The lowest BCUT2D eigenvalue weighted by Gasteiger charge is -2.17. The molecular formula is C25H21ClFNO2S. The van der Waals surface area contributed by atoms with Crippen LogP contribution in [0.5, 0.6) is 0 Å². The zero-order valence-electron chi connectivity index (χ0n) is 16.6. The number of carbonyl (C=O) groups is 1. The van der Waals surface area contributed by atoms with Crippen LogP contribution in [0.3, 0.4) is 0 Å². The van der Waals surface area contributed by atoms with E-state index in [0.29, 0.717) is 23.4 Å². The van der Waals surface area contributed by atoms with Crippen LogP contribution in [0, 0.1) is 5.82 Å². The number of amides is 1. The summed E-state index contributed by atoms with van der Waals surface area (Å²) in [6.07, 6.45) is 1.10. The molecule has 1 unspecified atom stereocenters. The van der Waals surface area contributed by atoms with Crippen molar-refractivity contribution in [3.63, 3.8) is 0 Å². The van der Waals surface area contributed by atoms with Gasteiger partial charge in [0.25, 0.3) is 5.91 Å². The highest BCUT2D eigenvalue weighted by molar-refractivity contribution is 7.19. The molecule has 1 amide bonds. The Morgan fingerprint density at radius 1 is 1.06 bits per heavy atom. The first-order chi connectivity index (χ1) is 15.0. The van der Waals surface area contributed by atoms with E-state index in [1.807, 2.05) is 36.4 Å². The van der Waals surface area contributed by atoms with Crippen molar-refractivity contribution in [2.24, 2.45) is 0 Å². The molecule has 4 aromatic rings. The topological polar surface area (TPSA) is 49.3 Å². The highest BCUT2D eigenvalue weighted by Crippen LogP contribution is 2.31. The normalized spacial score (nSPS) is 12.1. The van der Waals surface area contributed by atoms with Crippen molar-refractivity contribution in [3.05, 3.63) is 105 Å². The molecule has 4 rings (SSSR count). The van der Waals surface area contributed by atoms with Crippen molar-refractivity contribution in [2.75, 3.05) is 6.61 Å². The molecule has 158 valence electrons. The quantitative estimate of drug-likeness (QED) is 0.381. The maximum Gasteiger partial charge on any atom is 0.251 e. The van der Waals surface area contributed by atoms with Crippen molar-refractivity contribution >= 4 is 38.9 Å². The molecule has 0 aliphatic rings. The van der Waals surface area contributed by atoms with Crippen molar-refractivity contribution < 1.29 is 14.3 Å². The fourth-order valence-corrected chi connectivity index (χ4v) is 5.08. The van der Waals surface area contributed by atoms with E-state index in [1.165, 1.54) is 12.1 Å². The summed E-state index contributed by atoms with van der Waals surface area (Å²) in [5.74, 6) is -0.550. The highest BCUT2D eigenvalue weighted by Gasteiger charge is 2.16. The van der Waals surface area contributed by atoms with Gasteiger partial charge in [0.05, 0.1) is 12.6 Å². The smallest absolute Gasteiger partial charge is 0.251 e. The average Bonchev–Trinajstić information content (AvgIpc) is 3.16. The summed E-state index contributed by atoms with van der Waals surface area (Å²) in [4.78, 5) is 13.6. The van der Waals surface area contributed by atoms with E-state index < -0.39 is 6.04 Å². The van der Waals surface area contributed by atoms with E-state index in [-0.39, 0.29) is 18.3 Å². The van der Waals surface area contributed by atoms with Crippen LogP contribution in [0.4, 0.5) is 4.39 Å². The number of halogens is 2. The Labute approximate surface area is 189 Å². The van der Waals surface area contributed by atoms with Gasteiger partial charge in [0.15, 0.2) is 0 Å². The maximum absolute atomic E-state index is 13.7. The third-order valence-corrected chi connectivity index (χ3v) is 6.48. The van der Waals surface area contributed by atoms with Crippen LogP contribution >= 0.6 is 22.9 Å². The van der Waals surface area contributed by atoms with E-state index in [1.54, 1.807) is 29.5 Å². The number of aliphatic hydroxyl groups excluding tert-OH is 1. The number of carbonyl (C=O) groups excluding carboxylic acids is 1. The second kappa shape index (κ2) is 9.60. The van der Waals surface area contributed by atoms with Crippen LogP contribution in [0.2, 0.25) is 5.02 Å². The number of hydrogen-bond acceptors (Lipinski definition) is 3. The van der Waals surface area contributed by atoms with Gasteiger partial charge in [-0.25, -0.2) is 4.39 Å². The number of hydrogen-bond donors (Lipinski definition) is 2. The lowest BCUT2D eigenvalue weighted by atomic mass is 10.0. The lowest BCUT2D eigenvalue weighted by molar-refractivity contribution is 0.0916. The summed E-state index contributed by atoms with van der Waals surface area (Å²) >= 11 is 7.62. The SMILES string of the molecule is O=C(NC(CO)Cc1cccc2cc(Cc3cc(F)cc(Cl)c3)sc12)c1ccccc1. The van der Waals surface area contributed by atoms with Crippen LogP contribution in [0.15, 0.2) is 72.8 Å². The van der Waals surface area contributed by atoms with Crippen molar-refractivity contribution in [1.29, 1.82) is 0 Å². The Balaban J connectivity index is 1.54. The molecule has 1 heterocycles. The zero-order valence-corrected chi connectivity index (χ0v) is 18.2. The molecule has 1 aromatic heterocycles. The molecule has 31 heavy (non-hydrogen) atoms. The fourth-order valence-electron chi connectivity index (χ4n) is 3.62. The molecule has 3 nitrogen and oxygen atoms in total. The minimum absolute atomic E-state index is 0.158. The molecule has 0 bridgehead atoms. The van der Waals surface area contributed by atoms with Crippen LogP contribution < -0.4 is 5.32 Å². The number of thiophene rings is 1. The molecule has 0 aliphatic carbocycles. The lowest BCUT2D eigenvalue weighted by Crippen LogP contribution is -2.39. The van der Waals surface area contributed by atoms with Crippen molar-refractivity contribution in [1.82, 2.24) is 5.32 Å². The fraction of sp³-hybridized carbons (Fsp3) is 0.160. The largest absolute Gasteiger partial charge is 0.394 e. The molecule has 0 aliphatic heterocycles. The summed E-state index contributed by atoms with van der Waals surface area (Å²) in [6, 6.07) is 21.3. The van der Waals surface area contributed by atoms with Gasteiger partial charge in [-0.15, -0.1) is 11.3 Å². The molecule has 2 N–H and O–H groups in total. The van der Waals surface area contributed by atoms with Gasteiger partial charge in [-0.1, -0.05) is 48.0 Å². The maximum atomic E-state index is 13.7. The predicted molar refractivity (Wildman–Crippen MR) is 125 cm³/mol. The van der Waals surface area contributed by atoms with Crippen LogP contribution in [-0.4, -0.2) is 23.7 Å². The number of fused-ring (bicyclic) bond motifs is 1. The number of aliphatic hydroxyl groups is 1. The van der Waals surface area contributed by atoms with Crippen LogP contribution in [0.25, 0.3) is 10.1 Å². The molecule has 1 atom stereocenters. The second-order valence-electron chi connectivity index (χ2n) is 7.43. The number of benzene rings is 3. The van der Waals surface area contributed by atoms with E-state index in [9.17, 15) is 14.3 Å². The van der Waals surface area contributed by atoms with Gasteiger partial charge in [0.1, 0.15) is 5.82 Å². The number of nitrogens with one attached hydrogen (secondary N) is 1. The van der Waals surface area contributed by atoms with Gasteiger partial charge in [0, 0.05) is 26.6 Å². The monoisotopic (exact) mass is 453 g/mol. The van der Waals surface area contributed by atoms with Crippen LogP contribution in [0.1, 0.15) is 26.4 Å². The van der Waals surface area contributed by atoms with Gasteiger partial charge in [-0.2, -0.15) is 0 Å². The second-order valence-corrected chi connectivity index (χ2v) is 9.00. The zero-order chi connectivity index (χ0) is 21.8. The molecule has 0 saturated heterocycles. The molecule has 0 saturated carbocycles. The van der Waals surface area contributed by atoms with Gasteiger partial charge in [-0.3, -0.25) is 4.79 Å². The van der Waals surface area contributed by atoms with Crippen molar-refractivity contribution in [3.8, 4) is 0 Å². The minimum Gasteiger partial charge on any atom is -0.394 e. The third kappa shape index (κ3) is 5.31. The van der Waals surface area contributed by atoms with E-state index in [2.05, 4.69) is 11.4 Å². The summed E-state index contributed by atoms with van der Waals surface area (Å²) in [5.41, 5.74) is 2.44.